The van der Waals surface area contributed by atoms with Gasteiger partial charge >= 0.3 is 0 Å². The molecule has 4 fully saturated rings. The standard InChI is InChI=1S/C21H34O3/c1-13(22)21(24)11-8-18-16-5-4-14-12-15(23)6-9-19(14,2)17(16)7-10-20(18,21)3/h14-18,23-24H,4-12H2,1-3H3/t14-,15+,16?,17?,18?,19-,20-,21-/m0/s1. The molecule has 0 heterocycles. The molecule has 3 heteroatoms. The number of ketones is 1. The summed E-state index contributed by atoms with van der Waals surface area (Å²) in [5.41, 5.74) is -0.957. The summed E-state index contributed by atoms with van der Waals surface area (Å²) >= 11 is 0. The summed E-state index contributed by atoms with van der Waals surface area (Å²) in [5, 5.41) is 21.3. The molecular weight excluding hydrogens is 300 g/mol. The second-order valence-corrected chi connectivity index (χ2v) is 10.00. The van der Waals surface area contributed by atoms with E-state index in [2.05, 4.69) is 13.8 Å². The zero-order chi connectivity index (χ0) is 17.3. The maximum Gasteiger partial charge on any atom is 0.161 e. The molecule has 2 N–H and O–H groups in total. The Bertz CT molecular complexity index is 545. The zero-order valence-electron chi connectivity index (χ0n) is 15.6. The third-order valence-electron chi connectivity index (χ3n) is 9.37. The maximum absolute atomic E-state index is 12.2. The van der Waals surface area contributed by atoms with Crippen LogP contribution in [0.4, 0.5) is 0 Å². The highest BCUT2D eigenvalue weighted by Crippen LogP contribution is 2.68. The van der Waals surface area contributed by atoms with E-state index < -0.39 is 5.60 Å². The van der Waals surface area contributed by atoms with Crippen LogP contribution in [-0.2, 0) is 4.79 Å². The van der Waals surface area contributed by atoms with Crippen LogP contribution < -0.4 is 0 Å². The number of aliphatic hydroxyl groups is 2. The van der Waals surface area contributed by atoms with Crippen molar-refractivity contribution in [3.05, 3.63) is 0 Å². The summed E-state index contributed by atoms with van der Waals surface area (Å²) in [7, 11) is 0. The van der Waals surface area contributed by atoms with Crippen LogP contribution in [0.3, 0.4) is 0 Å². The highest BCUT2D eigenvalue weighted by Gasteiger charge is 2.65. The van der Waals surface area contributed by atoms with Gasteiger partial charge in [-0.15, -0.1) is 0 Å². The lowest BCUT2D eigenvalue weighted by atomic mass is 9.44. The first kappa shape index (κ1) is 17.0. The van der Waals surface area contributed by atoms with E-state index in [1.54, 1.807) is 6.92 Å². The van der Waals surface area contributed by atoms with E-state index in [1.807, 2.05) is 0 Å². The Morgan fingerprint density at radius 3 is 2.38 bits per heavy atom. The molecule has 0 aromatic heterocycles. The van der Waals surface area contributed by atoms with Crippen LogP contribution in [0.5, 0.6) is 0 Å². The van der Waals surface area contributed by atoms with Crippen LogP contribution in [0.1, 0.15) is 78.6 Å². The van der Waals surface area contributed by atoms with E-state index in [4.69, 9.17) is 0 Å². The monoisotopic (exact) mass is 334 g/mol. The number of carbonyl (C=O) groups excluding carboxylic acids is 1. The third-order valence-corrected chi connectivity index (χ3v) is 9.37. The quantitative estimate of drug-likeness (QED) is 0.768. The zero-order valence-corrected chi connectivity index (χ0v) is 15.6. The molecule has 8 atom stereocenters. The van der Waals surface area contributed by atoms with Crippen LogP contribution in [0.15, 0.2) is 0 Å². The average Bonchev–Trinajstić information content (AvgIpc) is 2.81. The molecule has 24 heavy (non-hydrogen) atoms. The van der Waals surface area contributed by atoms with Gasteiger partial charge in [0.25, 0.3) is 0 Å². The molecule has 0 aliphatic heterocycles. The minimum atomic E-state index is -1.09. The summed E-state index contributed by atoms with van der Waals surface area (Å²) < 4.78 is 0. The fraction of sp³-hybridized carbons (Fsp3) is 0.952. The fourth-order valence-corrected chi connectivity index (χ4v) is 7.83. The van der Waals surface area contributed by atoms with Crippen LogP contribution in [0.2, 0.25) is 0 Å². The predicted molar refractivity (Wildman–Crippen MR) is 93.4 cm³/mol. The number of carbonyl (C=O) groups is 1. The maximum atomic E-state index is 12.2. The topological polar surface area (TPSA) is 57.5 Å². The SMILES string of the molecule is CC(=O)[C@@]1(O)CCC2C3CC[C@H]4C[C@H](O)CC[C@]4(C)C3CC[C@@]21C. The van der Waals surface area contributed by atoms with Crippen molar-refractivity contribution in [2.75, 3.05) is 0 Å². The van der Waals surface area contributed by atoms with Crippen molar-refractivity contribution in [1.82, 2.24) is 0 Å². The molecule has 0 spiro atoms. The van der Waals surface area contributed by atoms with Gasteiger partial charge in [0.15, 0.2) is 5.78 Å². The van der Waals surface area contributed by atoms with Crippen molar-refractivity contribution in [2.45, 2.75) is 90.3 Å². The minimum absolute atomic E-state index is 0.0216. The second kappa shape index (κ2) is 5.30. The van der Waals surface area contributed by atoms with Gasteiger partial charge in [0.2, 0.25) is 0 Å². The number of rotatable bonds is 1. The first-order valence-electron chi connectivity index (χ1n) is 10.1. The third kappa shape index (κ3) is 2.00. The largest absolute Gasteiger partial charge is 0.393 e. The molecule has 0 aromatic rings. The van der Waals surface area contributed by atoms with Gasteiger partial charge in [-0.2, -0.15) is 0 Å². The van der Waals surface area contributed by atoms with E-state index in [0.29, 0.717) is 29.6 Å². The van der Waals surface area contributed by atoms with Gasteiger partial charge in [-0.05, 0) is 93.8 Å². The van der Waals surface area contributed by atoms with E-state index in [-0.39, 0.29) is 17.3 Å². The van der Waals surface area contributed by atoms with E-state index in [9.17, 15) is 15.0 Å². The van der Waals surface area contributed by atoms with Crippen molar-refractivity contribution in [1.29, 1.82) is 0 Å². The fourth-order valence-electron chi connectivity index (χ4n) is 7.83. The molecule has 0 radical (unpaired) electrons. The second-order valence-electron chi connectivity index (χ2n) is 10.00. The molecule has 4 aliphatic carbocycles. The molecule has 4 rings (SSSR count). The minimum Gasteiger partial charge on any atom is -0.393 e. The van der Waals surface area contributed by atoms with Gasteiger partial charge in [-0.1, -0.05) is 13.8 Å². The number of hydrogen-bond donors (Lipinski definition) is 2. The van der Waals surface area contributed by atoms with Crippen LogP contribution in [-0.4, -0.2) is 27.7 Å². The molecule has 0 amide bonds. The summed E-state index contributed by atoms with van der Waals surface area (Å²) in [4.78, 5) is 12.2. The lowest BCUT2D eigenvalue weighted by Gasteiger charge is -2.61. The lowest BCUT2D eigenvalue weighted by molar-refractivity contribution is -0.170. The summed E-state index contributed by atoms with van der Waals surface area (Å²) in [6.45, 7) is 6.26. The van der Waals surface area contributed by atoms with Gasteiger partial charge < -0.3 is 10.2 Å². The smallest absolute Gasteiger partial charge is 0.161 e. The van der Waals surface area contributed by atoms with Crippen LogP contribution in [0.25, 0.3) is 0 Å². The molecule has 0 bridgehead atoms. The Balaban J connectivity index is 1.65. The number of fused-ring (bicyclic) bond motifs is 5. The molecule has 3 nitrogen and oxygen atoms in total. The Hall–Kier alpha value is -0.410. The molecule has 3 unspecified atom stereocenters. The Kier molecular flexibility index (Phi) is 3.76. The Morgan fingerprint density at radius 1 is 0.958 bits per heavy atom. The number of Topliss-reactive ketones (excluding diaryl/α,β-unsaturated/α-hetero) is 1. The van der Waals surface area contributed by atoms with Crippen molar-refractivity contribution < 1.29 is 15.0 Å². The van der Waals surface area contributed by atoms with Crippen molar-refractivity contribution in [3.63, 3.8) is 0 Å². The Labute approximate surface area is 146 Å². The molecule has 4 saturated carbocycles. The van der Waals surface area contributed by atoms with E-state index in [1.165, 1.54) is 12.8 Å². The van der Waals surface area contributed by atoms with Gasteiger partial charge in [-0.3, -0.25) is 4.79 Å². The van der Waals surface area contributed by atoms with Crippen molar-refractivity contribution >= 4 is 5.78 Å². The highest BCUT2D eigenvalue weighted by atomic mass is 16.3. The number of hydrogen-bond acceptors (Lipinski definition) is 3. The van der Waals surface area contributed by atoms with Crippen molar-refractivity contribution in [3.8, 4) is 0 Å². The molecule has 4 aliphatic rings. The number of aliphatic hydroxyl groups excluding tert-OH is 1. The van der Waals surface area contributed by atoms with Gasteiger partial charge in [0, 0.05) is 5.41 Å². The summed E-state index contributed by atoms with van der Waals surface area (Å²) in [6.07, 6.45) is 9.25. The highest BCUT2D eigenvalue weighted by molar-refractivity contribution is 5.86. The van der Waals surface area contributed by atoms with Gasteiger partial charge in [-0.25, -0.2) is 0 Å². The first-order chi connectivity index (χ1) is 11.2. The van der Waals surface area contributed by atoms with E-state index in [0.717, 1.165) is 44.4 Å². The first-order valence-corrected chi connectivity index (χ1v) is 10.1. The Morgan fingerprint density at radius 2 is 1.67 bits per heavy atom. The predicted octanol–water partition coefficient (Wildman–Crippen LogP) is 3.71. The average molecular weight is 335 g/mol. The molecule has 0 saturated heterocycles. The molecule has 136 valence electrons. The molecular formula is C21H34O3. The normalized spacial score (nSPS) is 57.0. The van der Waals surface area contributed by atoms with Gasteiger partial charge in [0.1, 0.15) is 5.60 Å². The van der Waals surface area contributed by atoms with Crippen LogP contribution in [0, 0.1) is 34.5 Å². The van der Waals surface area contributed by atoms with Gasteiger partial charge in [0.05, 0.1) is 6.10 Å². The molecule has 0 aromatic carbocycles. The van der Waals surface area contributed by atoms with E-state index >= 15 is 0 Å². The summed E-state index contributed by atoms with van der Waals surface area (Å²) in [5.74, 6) is 2.52. The lowest BCUT2D eigenvalue weighted by Crippen LogP contribution is -2.58. The van der Waals surface area contributed by atoms with Crippen LogP contribution >= 0.6 is 0 Å². The van der Waals surface area contributed by atoms with Crippen molar-refractivity contribution in [2.24, 2.45) is 34.5 Å². The summed E-state index contributed by atoms with van der Waals surface area (Å²) in [6, 6.07) is 0.